The Labute approximate surface area is 163 Å². The molecule has 0 bridgehead atoms. The molecular weight excluding hydrogens is 320 g/mol. The standard InChI is InChI=1S/C24H44O2/c1-3-5-6-7-8-9-10-11-12-13-14-15-16-17-18-19-20-21-22-23-26-24(25)4-2/h4,16-17H,2-3,5-15,18-23H2,1H3/b17-16+. The monoisotopic (exact) mass is 364 g/mol. The van der Waals surface area contributed by atoms with E-state index in [1.807, 2.05) is 0 Å². The first-order valence-corrected chi connectivity index (χ1v) is 11.3. The van der Waals surface area contributed by atoms with Gasteiger partial charge in [-0.3, -0.25) is 0 Å². The predicted molar refractivity (Wildman–Crippen MR) is 114 cm³/mol. The number of hydrogen-bond donors (Lipinski definition) is 0. The van der Waals surface area contributed by atoms with Crippen LogP contribution in [0.4, 0.5) is 0 Å². The molecule has 0 spiro atoms. The smallest absolute Gasteiger partial charge is 0.330 e. The fraction of sp³-hybridized carbons (Fsp3) is 0.792. The molecule has 2 heteroatoms. The summed E-state index contributed by atoms with van der Waals surface area (Å²) in [6.07, 6.45) is 28.5. The molecule has 0 aromatic carbocycles. The summed E-state index contributed by atoms with van der Waals surface area (Å²) in [5.74, 6) is -0.310. The van der Waals surface area contributed by atoms with E-state index < -0.39 is 0 Å². The first-order chi connectivity index (χ1) is 12.8. The molecule has 0 saturated heterocycles. The quantitative estimate of drug-likeness (QED) is 0.0948. The molecule has 26 heavy (non-hydrogen) atoms. The van der Waals surface area contributed by atoms with Gasteiger partial charge in [0.25, 0.3) is 0 Å². The fourth-order valence-electron chi connectivity index (χ4n) is 3.11. The number of hydrogen-bond acceptors (Lipinski definition) is 2. The van der Waals surface area contributed by atoms with Crippen LogP contribution < -0.4 is 0 Å². The van der Waals surface area contributed by atoms with Gasteiger partial charge in [-0.1, -0.05) is 103 Å². The molecule has 0 aliphatic heterocycles. The highest BCUT2D eigenvalue weighted by molar-refractivity contribution is 5.81. The summed E-state index contributed by atoms with van der Waals surface area (Å²) in [6.45, 7) is 6.19. The van der Waals surface area contributed by atoms with Crippen LogP contribution in [0.3, 0.4) is 0 Å². The third-order valence-corrected chi connectivity index (χ3v) is 4.82. The van der Waals surface area contributed by atoms with E-state index in [0.29, 0.717) is 6.61 Å². The Bertz CT molecular complexity index is 333. The molecule has 0 fully saturated rings. The van der Waals surface area contributed by atoms with Crippen molar-refractivity contribution in [3.05, 3.63) is 24.8 Å². The van der Waals surface area contributed by atoms with Crippen molar-refractivity contribution >= 4 is 5.97 Å². The molecule has 0 amide bonds. The molecule has 0 aliphatic rings. The van der Waals surface area contributed by atoms with Crippen LogP contribution in [0.2, 0.25) is 0 Å². The van der Waals surface area contributed by atoms with Gasteiger partial charge in [-0.15, -0.1) is 0 Å². The van der Waals surface area contributed by atoms with E-state index in [0.717, 1.165) is 12.8 Å². The Morgan fingerprint density at radius 1 is 0.692 bits per heavy atom. The zero-order valence-corrected chi connectivity index (χ0v) is 17.5. The molecule has 0 saturated carbocycles. The van der Waals surface area contributed by atoms with Gasteiger partial charge in [0.15, 0.2) is 0 Å². The molecule has 0 aromatic heterocycles. The van der Waals surface area contributed by atoms with Gasteiger partial charge in [0.2, 0.25) is 0 Å². The SMILES string of the molecule is C=CC(=O)OCCCCCC/C=C/CCCCCCCCCCCCC. The molecule has 2 nitrogen and oxygen atoms in total. The summed E-state index contributed by atoms with van der Waals surface area (Å²) < 4.78 is 4.95. The number of carbonyl (C=O) groups excluding carboxylic acids is 1. The van der Waals surface area contributed by atoms with Crippen LogP contribution in [-0.2, 0) is 9.53 Å². The topological polar surface area (TPSA) is 26.3 Å². The maximum absolute atomic E-state index is 10.9. The molecule has 0 N–H and O–H groups in total. The highest BCUT2D eigenvalue weighted by Gasteiger charge is 1.95. The second-order valence-electron chi connectivity index (χ2n) is 7.37. The number of esters is 1. The van der Waals surface area contributed by atoms with Crippen molar-refractivity contribution in [1.82, 2.24) is 0 Å². The lowest BCUT2D eigenvalue weighted by molar-refractivity contribution is -0.137. The van der Waals surface area contributed by atoms with Crippen molar-refractivity contribution in [2.75, 3.05) is 6.61 Å². The summed E-state index contributed by atoms with van der Waals surface area (Å²) in [5.41, 5.74) is 0. The number of carbonyl (C=O) groups is 1. The van der Waals surface area contributed by atoms with Crippen LogP contribution in [0.25, 0.3) is 0 Å². The van der Waals surface area contributed by atoms with Gasteiger partial charge < -0.3 is 4.74 Å². The molecule has 0 aromatic rings. The summed E-state index contributed by atoms with van der Waals surface area (Å²) in [7, 11) is 0. The minimum Gasteiger partial charge on any atom is -0.463 e. The van der Waals surface area contributed by atoms with Gasteiger partial charge in [-0.2, -0.15) is 0 Å². The number of ether oxygens (including phenoxy) is 1. The van der Waals surface area contributed by atoms with E-state index in [-0.39, 0.29) is 5.97 Å². The van der Waals surface area contributed by atoms with E-state index in [9.17, 15) is 4.79 Å². The summed E-state index contributed by atoms with van der Waals surface area (Å²) in [4.78, 5) is 10.9. The van der Waals surface area contributed by atoms with E-state index in [1.165, 1.54) is 102 Å². The van der Waals surface area contributed by atoms with Crippen molar-refractivity contribution in [1.29, 1.82) is 0 Å². The van der Waals surface area contributed by atoms with Gasteiger partial charge in [0.05, 0.1) is 6.61 Å². The van der Waals surface area contributed by atoms with Crippen molar-refractivity contribution < 1.29 is 9.53 Å². The number of unbranched alkanes of at least 4 members (excludes halogenated alkanes) is 15. The second kappa shape index (κ2) is 22.0. The maximum Gasteiger partial charge on any atom is 0.330 e. The highest BCUT2D eigenvalue weighted by Crippen LogP contribution is 2.12. The molecule has 0 atom stereocenters. The summed E-state index contributed by atoms with van der Waals surface area (Å²) in [5, 5.41) is 0. The molecular formula is C24H44O2. The molecule has 0 radical (unpaired) electrons. The van der Waals surface area contributed by atoms with Crippen LogP contribution in [0.5, 0.6) is 0 Å². The molecule has 0 rings (SSSR count). The molecule has 0 heterocycles. The predicted octanol–water partition coefficient (Wildman–Crippen LogP) is 7.92. The van der Waals surface area contributed by atoms with E-state index in [4.69, 9.17) is 4.74 Å². The van der Waals surface area contributed by atoms with Gasteiger partial charge in [-0.05, 0) is 32.1 Å². The minimum atomic E-state index is -0.310. The third kappa shape index (κ3) is 21.0. The third-order valence-electron chi connectivity index (χ3n) is 4.82. The van der Waals surface area contributed by atoms with Gasteiger partial charge in [-0.25, -0.2) is 4.79 Å². The van der Waals surface area contributed by atoms with E-state index in [1.54, 1.807) is 0 Å². The van der Waals surface area contributed by atoms with E-state index in [2.05, 4.69) is 25.7 Å². The largest absolute Gasteiger partial charge is 0.463 e. The van der Waals surface area contributed by atoms with Crippen molar-refractivity contribution in [2.45, 2.75) is 116 Å². The Kier molecular flexibility index (Phi) is 21.1. The summed E-state index contributed by atoms with van der Waals surface area (Å²) in [6, 6.07) is 0. The maximum atomic E-state index is 10.9. The minimum absolute atomic E-state index is 0.310. The lowest BCUT2D eigenvalue weighted by atomic mass is 10.1. The Hall–Kier alpha value is -1.05. The number of allylic oxidation sites excluding steroid dienone is 2. The average molecular weight is 365 g/mol. The lowest BCUT2D eigenvalue weighted by Gasteiger charge is -2.02. The zero-order valence-electron chi connectivity index (χ0n) is 17.5. The van der Waals surface area contributed by atoms with Gasteiger partial charge >= 0.3 is 5.97 Å². The fourth-order valence-corrected chi connectivity index (χ4v) is 3.11. The number of rotatable bonds is 20. The Balaban J connectivity index is 3.11. The van der Waals surface area contributed by atoms with Crippen molar-refractivity contribution in [3.8, 4) is 0 Å². The zero-order chi connectivity index (χ0) is 19.1. The Morgan fingerprint density at radius 3 is 1.58 bits per heavy atom. The Morgan fingerprint density at radius 2 is 1.12 bits per heavy atom. The van der Waals surface area contributed by atoms with Gasteiger partial charge in [0, 0.05) is 6.08 Å². The van der Waals surface area contributed by atoms with Crippen molar-refractivity contribution in [3.63, 3.8) is 0 Å². The summed E-state index contributed by atoms with van der Waals surface area (Å²) >= 11 is 0. The van der Waals surface area contributed by atoms with Crippen LogP contribution in [0, 0.1) is 0 Å². The molecule has 0 unspecified atom stereocenters. The average Bonchev–Trinajstić information content (AvgIpc) is 2.66. The van der Waals surface area contributed by atoms with Crippen LogP contribution in [0.15, 0.2) is 24.8 Å². The van der Waals surface area contributed by atoms with Crippen molar-refractivity contribution in [2.24, 2.45) is 0 Å². The van der Waals surface area contributed by atoms with Crippen LogP contribution >= 0.6 is 0 Å². The second-order valence-corrected chi connectivity index (χ2v) is 7.37. The highest BCUT2D eigenvalue weighted by atomic mass is 16.5. The first-order valence-electron chi connectivity index (χ1n) is 11.3. The lowest BCUT2D eigenvalue weighted by Crippen LogP contribution is -2.01. The first kappa shape index (κ1) is 24.9. The molecule has 152 valence electrons. The van der Waals surface area contributed by atoms with Crippen LogP contribution in [0.1, 0.15) is 116 Å². The van der Waals surface area contributed by atoms with E-state index >= 15 is 0 Å². The molecule has 0 aliphatic carbocycles. The normalized spacial score (nSPS) is 11.1. The van der Waals surface area contributed by atoms with Gasteiger partial charge in [0.1, 0.15) is 0 Å². The van der Waals surface area contributed by atoms with Crippen LogP contribution in [-0.4, -0.2) is 12.6 Å².